The van der Waals surface area contributed by atoms with E-state index in [2.05, 4.69) is 26.0 Å². The van der Waals surface area contributed by atoms with Gasteiger partial charge < -0.3 is 15.4 Å². The van der Waals surface area contributed by atoms with Gasteiger partial charge in [0.05, 0.1) is 7.11 Å². The molecule has 8 nitrogen and oxygen atoms in total. The van der Waals surface area contributed by atoms with Gasteiger partial charge >= 0.3 is 0 Å². The number of fused-ring (bicyclic) bond motifs is 4. The molecule has 3 aromatic heterocycles. The Morgan fingerprint density at radius 1 is 1.19 bits per heavy atom. The van der Waals surface area contributed by atoms with Crippen molar-refractivity contribution in [3.63, 3.8) is 0 Å². The number of benzene rings is 1. The van der Waals surface area contributed by atoms with Crippen molar-refractivity contribution in [1.82, 2.24) is 24.6 Å². The summed E-state index contributed by atoms with van der Waals surface area (Å²) in [7, 11) is 1.62. The number of pyridine rings is 1. The summed E-state index contributed by atoms with van der Waals surface area (Å²) in [5.41, 5.74) is 8.81. The lowest BCUT2D eigenvalue weighted by molar-refractivity contribution is 0.419. The molecule has 1 aliphatic rings. The molecule has 0 atom stereocenters. The fourth-order valence-electron chi connectivity index (χ4n) is 3.66. The van der Waals surface area contributed by atoms with E-state index in [9.17, 15) is 0 Å². The van der Waals surface area contributed by atoms with Crippen LogP contribution in [0.25, 0.3) is 16.6 Å². The van der Waals surface area contributed by atoms with Crippen molar-refractivity contribution in [2.45, 2.75) is 12.8 Å². The highest BCUT2D eigenvalue weighted by Gasteiger charge is 2.20. The lowest BCUT2D eigenvalue weighted by atomic mass is 10.2. The van der Waals surface area contributed by atoms with Gasteiger partial charge in [-0.1, -0.05) is 12.1 Å². The second-order valence-corrected chi connectivity index (χ2v) is 6.56. The van der Waals surface area contributed by atoms with E-state index in [0.717, 1.165) is 36.5 Å². The molecule has 27 heavy (non-hydrogen) atoms. The summed E-state index contributed by atoms with van der Waals surface area (Å²) < 4.78 is 7.00. The van der Waals surface area contributed by atoms with E-state index in [1.807, 2.05) is 30.5 Å². The first-order chi connectivity index (χ1) is 13.2. The van der Waals surface area contributed by atoms with Gasteiger partial charge in [0.15, 0.2) is 11.5 Å². The van der Waals surface area contributed by atoms with Crippen LogP contribution >= 0.6 is 0 Å². The second kappa shape index (κ2) is 6.08. The van der Waals surface area contributed by atoms with Crippen molar-refractivity contribution in [3.8, 4) is 5.75 Å². The third kappa shape index (κ3) is 2.52. The second-order valence-electron chi connectivity index (χ2n) is 6.56. The van der Waals surface area contributed by atoms with Gasteiger partial charge in [0.2, 0.25) is 5.95 Å². The Morgan fingerprint density at radius 3 is 3.00 bits per heavy atom. The molecule has 0 spiro atoms. The molecular weight excluding hydrogens is 342 g/mol. The molecule has 1 aliphatic heterocycles. The van der Waals surface area contributed by atoms with Crippen LogP contribution < -0.4 is 15.4 Å². The number of para-hydroxylation sites is 1. The van der Waals surface area contributed by atoms with Gasteiger partial charge in [0.25, 0.3) is 0 Å². The summed E-state index contributed by atoms with van der Waals surface area (Å²) in [6, 6.07) is 9.86. The summed E-state index contributed by atoms with van der Waals surface area (Å²) in [6.07, 6.45) is 3.58. The molecule has 2 N–H and O–H groups in total. The van der Waals surface area contributed by atoms with Crippen LogP contribution in [0.4, 0.5) is 11.8 Å². The zero-order valence-electron chi connectivity index (χ0n) is 15.0. The maximum Gasteiger partial charge on any atom is 0.223 e. The zero-order chi connectivity index (χ0) is 18.4. The first-order valence-corrected chi connectivity index (χ1v) is 8.91. The lowest BCUT2D eigenvalue weighted by Crippen LogP contribution is -2.24. The molecule has 0 amide bonds. The average molecular weight is 361 g/mol. The molecule has 4 heterocycles. The van der Waals surface area contributed by atoms with Gasteiger partial charge in [-0.3, -0.25) is 0 Å². The summed E-state index contributed by atoms with van der Waals surface area (Å²) in [5, 5.41) is 5.44. The monoisotopic (exact) mass is 361 g/mol. The van der Waals surface area contributed by atoms with Crippen molar-refractivity contribution < 1.29 is 4.74 Å². The smallest absolute Gasteiger partial charge is 0.223 e. The molecule has 0 aliphatic carbocycles. The summed E-state index contributed by atoms with van der Waals surface area (Å²) in [4.78, 5) is 16.0. The van der Waals surface area contributed by atoms with Crippen LogP contribution in [0.1, 0.15) is 11.4 Å². The lowest BCUT2D eigenvalue weighted by Gasteiger charge is -2.16. The van der Waals surface area contributed by atoms with Crippen LogP contribution in [0.5, 0.6) is 5.75 Å². The van der Waals surface area contributed by atoms with Crippen LogP contribution in [0.3, 0.4) is 0 Å². The number of anilines is 2. The highest BCUT2D eigenvalue weighted by atomic mass is 16.5. The maximum absolute atomic E-state index is 6.11. The molecular formula is C19H19N7O. The summed E-state index contributed by atoms with van der Waals surface area (Å²) in [5.74, 6) is 2.78. The van der Waals surface area contributed by atoms with Crippen molar-refractivity contribution in [3.05, 3.63) is 47.9 Å². The van der Waals surface area contributed by atoms with Crippen molar-refractivity contribution in [2.75, 3.05) is 30.8 Å². The Bertz CT molecular complexity index is 1150. The van der Waals surface area contributed by atoms with E-state index in [1.165, 1.54) is 5.56 Å². The molecule has 0 radical (unpaired) electrons. The van der Waals surface area contributed by atoms with Crippen LogP contribution in [-0.4, -0.2) is 44.8 Å². The Labute approximate surface area is 155 Å². The molecule has 5 rings (SSSR count). The number of ether oxygens (including phenoxy) is 1. The SMILES string of the molecule is COc1cccc2c1nc(N)n1nc(CCN3CCc4cccnc43)nc21. The van der Waals surface area contributed by atoms with Crippen LogP contribution in [0.2, 0.25) is 0 Å². The molecule has 4 aromatic rings. The van der Waals surface area contributed by atoms with Gasteiger partial charge in [0.1, 0.15) is 17.1 Å². The molecule has 0 unspecified atom stereocenters. The number of methoxy groups -OCH3 is 1. The molecule has 0 saturated heterocycles. The molecule has 136 valence electrons. The number of hydrogen-bond acceptors (Lipinski definition) is 7. The molecule has 0 fully saturated rings. The van der Waals surface area contributed by atoms with Gasteiger partial charge in [-0.25, -0.2) is 15.0 Å². The van der Waals surface area contributed by atoms with Gasteiger partial charge in [-0.05, 0) is 30.2 Å². The van der Waals surface area contributed by atoms with Gasteiger partial charge in [-0.15, -0.1) is 5.10 Å². The first-order valence-electron chi connectivity index (χ1n) is 8.91. The number of nitrogens with zero attached hydrogens (tertiary/aromatic N) is 6. The van der Waals surface area contributed by atoms with E-state index >= 15 is 0 Å². The minimum Gasteiger partial charge on any atom is -0.494 e. The Hall–Kier alpha value is -3.42. The van der Waals surface area contributed by atoms with Crippen LogP contribution in [-0.2, 0) is 12.8 Å². The third-order valence-electron chi connectivity index (χ3n) is 4.98. The number of hydrogen-bond donors (Lipinski definition) is 1. The third-order valence-corrected chi connectivity index (χ3v) is 4.98. The predicted molar refractivity (Wildman–Crippen MR) is 103 cm³/mol. The van der Waals surface area contributed by atoms with E-state index in [4.69, 9.17) is 15.5 Å². The number of rotatable bonds is 4. The topological polar surface area (TPSA) is 94.5 Å². The Kier molecular flexibility index (Phi) is 3.56. The molecule has 0 bridgehead atoms. The Balaban J connectivity index is 1.48. The summed E-state index contributed by atoms with van der Waals surface area (Å²) >= 11 is 0. The molecule has 1 aromatic carbocycles. The fourth-order valence-corrected chi connectivity index (χ4v) is 3.66. The Morgan fingerprint density at radius 2 is 2.11 bits per heavy atom. The normalized spacial score (nSPS) is 13.4. The van der Waals surface area contributed by atoms with E-state index in [-0.39, 0.29) is 0 Å². The average Bonchev–Trinajstić information content (AvgIpc) is 3.31. The fraction of sp³-hybridized carbons (Fsp3) is 0.263. The highest BCUT2D eigenvalue weighted by molar-refractivity contribution is 5.95. The van der Waals surface area contributed by atoms with Crippen LogP contribution in [0, 0.1) is 0 Å². The highest BCUT2D eigenvalue weighted by Crippen LogP contribution is 2.28. The minimum absolute atomic E-state index is 0.300. The van der Waals surface area contributed by atoms with Crippen molar-refractivity contribution in [1.29, 1.82) is 0 Å². The van der Waals surface area contributed by atoms with Gasteiger partial charge in [-0.2, -0.15) is 4.52 Å². The number of aromatic nitrogens is 5. The minimum atomic E-state index is 0.300. The van der Waals surface area contributed by atoms with E-state index < -0.39 is 0 Å². The molecule has 0 saturated carbocycles. The standard InChI is InChI=1S/C19H19N7O/c1-27-14-6-2-5-13-16(14)23-19(20)26-18(13)22-15(24-26)8-11-25-10-7-12-4-3-9-21-17(12)25/h2-6,9H,7-8,10-11H2,1H3,(H2,20,23). The summed E-state index contributed by atoms with van der Waals surface area (Å²) in [6.45, 7) is 1.79. The first kappa shape index (κ1) is 15.8. The van der Waals surface area contributed by atoms with Crippen molar-refractivity contribution >= 4 is 28.3 Å². The maximum atomic E-state index is 6.11. The zero-order valence-corrected chi connectivity index (χ0v) is 15.0. The van der Waals surface area contributed by atoms with Crippen LogP contribution in [0.15, 0.2) is 36.5 Å². The number of nitrogen functional groups attached to an aromatic ring is 1. The quantitative estimate of drug-likeness (QED) is 0.593. The number of nitrogens with two attached hydrogens (primary N) is 1. The van der Waals surface area contributed by atoms with E-state index in [0.29, 0.717) is 29.3 Å². The largest absolute Gasteiger partial charge is 0.494 e. The van der Waals surface area contributed by atoms with Gasteiger partial charge in [0, 0.05) is 31.1 Å². The molecule has 8 heteroatoms. The van der Waals surface area contributed by atoms with Crippen molar-refractivity contribution in [2.24, 2.45) is 0 Å². The van der Waals surface area contributed by atoms with E-state index in [1.54, 1.807) is 11.6 Å². The predicted octanol–water partition coefficient (Wildman–Crippen LogP) is 1.87.